The molecule has 0 bridgehead atoms. The summed E-state index contributed by atoms with van der Waals surface area (Å²) in [7, 11) is 0. The standard InChI is InChI=1S/C14H17N/c1-10-11(2)15(9-12-7-8-12)14-6-4-3-5-13(10)14/h3-6,12H,7-9H2,1-2H3. The molecular weight excluding hydrogens is 182 g/mol. The summed E-state index contributed by atoms with van der Waals surface area (Å²) >= 11 is 0. The Morgan fingerprint density at radius 2 is 1.93 bits per heavy atom. The van der Waals surface area contributed by atoms with Crippen LogP contribution in [0.3, 0.4) is 0 Å². The third kappa shape index (κ3) is 1.38. The number of benzene rings is 1. The van der Waals surface area contributed by atoms with Crippen LogP contribution in [-0.4, -0.2) is 4.57 Å². The number of aromatic nitrogens is 1. The molecule has 0 unspecified atom stereocenters. The van der Waals surface area contributed by atoms with Gasteiger partial charge in [-0.2, -0.15) is 0 Å². The van der Waals surface area contributed by atoms with Gasteiger partial charge in [0.05, 0.1) is 0 Å². The summed E-state index contributed by atoms with van der Waals surface area (Å²) in [6.07, 6.45) is 2.84. The summed E-state index contributed by atoms with van der Waals surface area (Å²) in [5.41, 5.74) is 4.31. The third-order valence-corrected chi connectivity index (χ3v) is 3.68. The Kier molecular flexibility index (Phi) is 1.88. The van der Waals surface area contributed by atoms with E-state index in [4.69, 9.17) is 0 Å². The van der Waals surface area contributed by atoms with Crippen molar-refractivity contribution in [3.63, 3.8) is 0 Å². The number of hydrogen-bond donors (Lipinski definition) is 0. The van der Waals surface area contributed by atoms with Gasteiger partial charge in [-0.05, 0) is 44.2 Å². The fraction of sp³-hybridized carbons (Fsp3) is 0.429. The van der Waals surface area contributed by atoms with Gasteiger partial charge in [0, 0.05) is 23.1 Å². The highest BCUT2D eigenvalue weighted by atomic mass is 15.0. The molecule has 1 heteroatoms. The highest BCUT2D eigenvalue weighted by molar-refractivity contribution is 5.85. The maximum Gasteiger partial charge on any atom is 0.0485 e. The van der Waals surface area contributed by atoms with E-state index in [0.717, 1.165) is 5.92 Å². The molecule has 1 aliphatic carbocycles. The van der Waals surface area contributed by atoms with Gasteiger partial charge in [-0.3, -0.25) is 0 Å². The van der Waals surface area contributed by atoms with E-state index in [0.29, 0.717) is 0 Å². The average Bonchev–Trinajstić information content (AvgIpc) is 3.04. The van der Waals surface area contributed by atoms with Crippen LogP contribution in [-0.2, 0) is 6.54 Å². The van der Waals surface area contributed by atoms with Crippen LogP contribution < -0.4 is 0 Å². The number of nitrogens with zero attached hydrogens (tertiary/aromatic N) is 1. The molecule has 1 aromatic carbocycles. The molecule has 1 nitrogen and oxygen atoms in total. The van der Waals surface area contributed by atoms with Crippen LogP contribution in [0.25, 0.3) is 10.9 Å². The first-order valence-corrected chi connectivity index (χ1v) is 5.82. The predicted molar refractivity (Wildman–Crippen MR) is 64.1 cm³/mol. The Morgan fingerprint density at radius 1 is 1.20 bits per heavy atom. The summed E-state index contributed by atoms with van der Waals surface area (Å²) in [6.45, 7) is 5.71. The minimum Gasteiger partial charge on any atom is -0.344 e. The Hall–Kier alpha value is -1.24. The van der Waals surface area contributed by atoms with E-state index in [1.807, 2.05) is 0 Å². The summed E-state index contributed by atoms with van der Waals surface area (Å²) < 4.78 is 2.50. The van der Waals surface area contributed by atoms with E-state index in [1.165, 1.54) is 41.5 Å². The van der Waals surface area contributed by atoms with Gasteiger partial charge in [-0.25, -0.2) is 0 Å². The topological polar surface area (TPSA) is 4.93 Å². The molecule has 3 rings (SSSR count). The van der Waals surface area contributed by atoms with Gasteiger partial charge in [-0.15, -0.1) is 0 Å². The average molecular weight is 199 g/mol. The second kappa shape index (κ2) is 3.13. The first-order chi connectivity index (χ1) is 7.27. The molecule has 1 saturated carbocycles. The van der Waals surface area contributed by atoms with Gasteiger partial charge in [0.15, 0.2) is 0 Å². The van der Waals surface area contributed by atoms with Crippen molar-refractivity contribution in [1.82, 2.24) is 4.57 Å². The molecule has 1 fully saturated rings. The number of aryl methyl sites for hydroxylation is 1. The van der Waals surface area contributed by atoms with E-state index >= 15 is 0 Å². The lowest BCUT2D eigenvalue weighted by Gasteiger charge is -2.06. The summed E-state index contributed by atoms with van der Waals surface area (Å²) in [4.78, 5) is 0. The second-order valence-corrected chi connectivity index (χ2v) is 4.78. The zero-order valence-electron chi connectivity index (χ0n) is 9.46. The maximum absolute atomic E-state index is 2.50. The van der Waals surface area contributed by atoms with E-state index in [2.05, 4.69) is 42.7 Å². The maximum atomic E-state index is 2.50. The molecule has 78 valence electrons. The third-order valence-electron chi connectivity index (χ3n) is 3.68. The molecule has 0 amide bonds. The van der Waals surface area contributed by atoms with Crippen molar-refractivity contribution in [3.05, 3.63) is 35.5 Å². The predicted octanol–water partition coefficient (Wildman–Crippen LogP) is 3.67. The molecule has 1 aromatic heterocycles. The molecular formula is C14H17N. The first kappa shape index (κ1) is 9.02. The number of para-hydroxylation sites is 1. The van der Waals surface area contributed by atoms with Crippen LogP contribution >= 0.6 is 0 Å². The molecule has 1 heterocycles. The second-order valence-electron chi connectivity index (χ2n) is 4.78. The molecule has 0 radical (unpaired) electrons. The summed E-state index contributed by atoms with van der Waals surface area (Å²) in [5, 5.41) is 1.43. The molecule has 0 saturated heterocycles. The van der Waals surface area contributed by atoms with E-state index in [9.17, 15) is 0 Å². The Balaban J connectivity index is 2.21. The smallest absolute Gasteiger partial charge is 0.0485 e. The van der Waals surface area contributed by atoms with Crippen molar-refractivity contribution in [3.8, 4) is 0 Å². The minimum absolute atomic E-state index is 0.943. The highest BCUT2D eigenvalue weighted by Gasteiger charge is 2.23. The van der Waals surface area contributed by atoms with Crippen molar-refractivity contribution in [2.45, 2.75) is 33.2 Å². The lowest BCUT2D eigenvalue weighted by atomic mass is 10.2. The van der Waals surface area contributed by atoms with Crippen molar-refractivity contribution < 1.29 is 0 Å². The fourth-order valence-electron chi connectivity index (χ4n) is 2.40. The van der Waals surface area contributed by atoms with Crippen LogP contribution in [0.15, 0.2) is 24.3 Å². The number of hydrogen-bond acceptors (Lipinski definition) is 0. The van der Waals surface area contributed by atoms with E-state index in [-0.39, 0.29) is 0 Å². The molecule has 1 aliphatic rings. The van der Waals surface area contributed by atoms with E-state index < -0.39 is 0 Å². The van der Waals surface area contributed by atoms with Crippen LogP contribution in [0.5, 0.6) is 0 Å². The minimum atomic E-state index is 0.943. The van der Waals surface area contributed by atoms with Crippen LogP contribution in [0, 0.1) is 19.8 Å². The van der Waals surface area contributed by atoms with Gasteiger partial charge in [-0.1, -0.05) is 18.2 Å². The lowest BCUT2D eigenvalue weighted by molar-refractivity contribution is 0.632. The zero-order valence-corrected chi connectivity index (χ0v) is 9.46. The molecule has 2 aromatic rings. The Labute approximate surface area is 90.7 Å². The van der Waals surface area contributed by atoms with E-state index in [1.54, 1.807) is 0 Å². The molecule has 15 heavy (non-hydrogen) atoms. The van der Waals surface area contributed by atoms with Crippen molar-refractivity contribution >= 4 is 10.9 Å². The lowest BCUT2D eigenvalue weighted by Crippen LogP contribution is -2.01. The molecule has 0 aliphatic heterocycles. The quantitative estimate of drug-likeness (QED) is 0.695. The van der Waals surface area contributed by atoms with Gasteiger partial charge in [0.25, 0.3) is 0 Å². The monoisotopic (exact) mass is 199 g/mol. The van der Waals surface area contributed by atoms with Gasteiger partial charge in [0.1, 0.15) is 0 Å². The van der Waals surface area contributed by atoms with Crippen LogP contribution in [0.4, 0.5) is 0 Å². The molecule has 0 atom stereocenters. The highest BCUT2D eigenvalue weighted by Crippen LogP contribution is 2.34. The van der Waals surface area contributed by atoms with Crippen molar-refractivity contribution in [2.75, 3.05) is 0 Å². The Morgan fingerprint density at radius 3 is 2.67 bits per heavy atom. The normalized spacial score (nSPS) is 16.1. The fourth-order valence-corrected chi connectivity index (χ4v) is 2.40. The largest absolute Gasteiger partial charge is 0.344 e. The van der Waals surface area contributed by atoms with Gasteiger partial charge < -0.3 is 4.57 Å². The summed E-state index contributed by atoms with van der Waals surface area (Å²) in [5.74, 6) is 0.943. The zero-order chi connectivity index (χ0) is 10.4. The SMILES string of the molecule is Cc1c(C)n(CC2CC2)c2ccccc12. The first-order valence-electron chi connectivity index (χ1n) is 5.82. The van der Waals surface area contributed by atoms with Crippen LogP contribution in [0.1, 0.15) is 24.1 Å². The van der Waals surface area contributed by atoms with Gasteiger partial charge >= 0.3 is 0 Å². The van der Waals surface area contributed by atoms with Gasteiger partial charge in [0.2, 0.25) is 0 Å². The molecule has 0 N–H and O–H groups in total. The number of rotatable bonds is 2. The van der Waals surface area contributed by atoms with Crippen molar-refractivity contribution in [2.24, 2.45) is 5.92 Å². The molecule has 0 spiro atoms. The Bertz CT molecular complexity index is 503. The van der Waals surface area contributed by atoms with Crippen molar-refractivity contribution in [1.29, 1.82) is 0 Å². The summed E-state index contributed by atoms with van der Waals surface area (Å²) in [6, 6.07) is 8.76. The number of fused-ring (bicyclic) bond motifs is 1. The van der Waals surface area contributed by atoms with Crippen LogP contribution in [0.2, 0.25) is 0 Å².